The van der Waals surface area contributed by atoms with Crippen molar-refractivity contribution in [2.24, 2.45) is 5.92 Å². The minimum absolute atomic E-state index is 0.152. The summed E-state index contributed by atoms with van der Waals surface area (Å²) in [5.41, 5.74) is 0.293. The molecule has 0 atom stereocenters. The molecule has 0 bridgehead atoms. The van der Waals surface area contributed by atoms with Gasteiger partial charge in [0, 0.05) is 20.6 Å². The lowest BCUT2D eigenvalue weighted by atomic mass is 10.2. The number of nitrogens with one attached hydrogen (secondary N) is 1. The van der Waals surface area contributed by atoms with E-state index in [4.69, 9.17) is 11.6 Å². The fourth-order valence-corrected chi connectivity index (χ4v) is 1.73. The summed E-state index contributed by atoms with van der Waals surface area (Å²) in [5.74, 6) is 0.895. The first-order valence-electron chi connectivity index (χ1n) is 5.55. The Morgan fingerprint density at radius 2 is 2.18 bits per heavy atom. The van der Waals surface area contributed by atoms with Crippen molar-refractivity contribution in [2.45, 2.75) is 13.8 Å². The van der Waals surface area contributed by atoms with Crippen LogP contribution in [-0.2, 0) is 0 Å². The van der Waals surface area contributed by atoms with E-state index in [-0.39, 0.29) is 5.91 Å². The Balaban J connectivity index is 2.94. The molecule has 0 saturated carbocycles. The van der Waals surface area contributed by atoms with E-state index >= 15 is 0 Å². The number of halogens is 1. The van der Waals surface area contributed by atoms with E-state index in [1.807, 2.05) is 0 Å². The molecular formula is C12H18ClN3O. The van der Waals surface area contributed by atoms with Crippen LogP contribution in [0.2, 0.25) is 5.02 Å². The van der Waals surface area contributed by atoms with Crippen molar-refractivity contribution >= 4 is 23.3 Å². The fourth-order valence-electron chi connectivity index (χ4n) is 1.54. The lowest BCUT2D eigenvalue weighted by Gasteiger charge is -2.19. The average Bonchev–Trinajstić information content (AvgIpc) is 2.28. The summed E-state index contributed by atoms with van der Waals surface area (Å²) in [6.07, 6.45) is 0. The molecule has 17 heavy (non-hydrogen) atoms. The average molecular weight is 256 g/mol. The first-order valence-corrected chi connectivity index (χ1v) is 5.93. The third kappa shape index (κ3) is 3.60. The SMILES string of the molecule is CNc1ccc(Cl)c(C(=O)N(C)CC(C)C)n1. The monoisotopic (exact) mass is 255 g/mol. The molecule has 1 rings (SSSR count). The van der Waals surface area contributed by atoms with Crippen LogP contribution in [0.25, 0.3) is 0 Å². The van der Waals surface area contributed by atoms with Crippen LogP contribution in [0.1, 0.15) is 24.3 Å². The highest BCUT2D eigenvalue weighted by molar-refractivity contribution is 6.33. The zero-order valence-electron chi connectivity index (χ0n) is 10.6. The molecule has 0 fully saturated rings. The van der Waals surface area contributed by atoms with Crippen molar-refractivity contribution in [3.63, 3.8) is 0 Å². The second-order valence-electron chi connectivity index (χ2n) is 4.36. The quantitative estimate of drug-likeness (QED) is 0.899. The highest BCUT2D eigenvalue weighted by Crippen LogP contribution is 2.18. The van der Waals surface area contributed by atoms with Crippen LogP contribution >= 0.6 is 11.6 Å². The summed E-state index contributed by atoms with van der Waals surface area (Å²) in [5, 5.41) is 3.27. The summed E-state index contributed by atoms with van der Waals surface area (Å²) < 4.78 is 0. The molecule has 0 aliphatic rings. The first-order chi connectivity index (χ1) is 7.95. The van der Waals surface area contributed by atoms with Crippen molar-refractivity contribution in [3.05, 3.63) is 22.8 Å². The maximum Gasteiger partial charge on any atom is 0.273 e. The molecule has 1 amide bonds. The van der Waals surface area contributed by atoms with E-state index in [0.717, 1.165) is 0 Å². The molecule has 0 aliphatic carbocycles. The minimum Gasteiger partial charge on any atom is -0.373 e. The number of hydrogen-bond donors (Lipinski definition) is 1. The van der Waals surface area contributed by atoms with Crippen LogP contribution in [0.3, 0.4) is 0 Å². The summed E-state index contributed by atoms with van der Waals surface area (Å²) in [4.78, 5) is 17.9. The summed E-state index contributed by atoms with van der Waals surface area (Å²) in [6, 6.07) is 3.42. The topological polar surface area (TPSA) is 45.2 Å². The number of hydrogen-bond acceptors (Lipinski definition) is 3. The van der Waals surface area contributed by atoms with Gasteiger partial charge in [-0.15, -0.1) is 0 Å². The van der Waals surface area contributed by atoms with Gasteiger partial charge in [-0.2, -0.15) is 0 Å². The van der Waals surface area contributed by atoms with Gasteiger partial charge in [0.15, 0.2) is 0 Å². The van der Waals surface area contributed by atoms with Gasteiger partial charge in [-0.05, 0) is 18.1 Å². The number of amides is 1. The fraction of sp³-hybridized carbons (Fsp3) is 0.500. The van der Waals surface area contributed by atoms with Gasteiger partial charge >= 0.3 is 0 Å². The van der Waals surface area contributed by atoms with Gasteiger partial charge in [0.05, 0.1) is 5.02 Å². The van der Waals surface area contributed by atoms with Crippen molar-refractivity contribution < 1.29 is 4.79 Å². The molecule has 0 saturated heterocycles. The number of anilines is 1. The highest BCUT2D eigenvalue weighted by atomic mass is 35.5. The van der Waals surface area contributed by atoms with Gasteiger partial charge in [-0.3, -0.25) is 4.79 Å². The van der Waals surface area contributed by atoms with Gasteiger partial charge in [-0.1, -0.05) is 25.4 Å². The molecule has 1 heterocycles. The number of rotatable bonds is 4. The third-order valence-corrected chi connectivity index (χ3v) is 2.60. The van der Waals surface area contributed by atoms with E-state index in [1.54, 1.807) is 31.1 Å². The first kappa shape index (κ1) is 13.8. The Morgan fingerprint density at radius 3 is 2.71 bits per heavy atom. The Labute approximate surface area is 107 Å². The van der Waals surface area contributed by atoms with Crippen LogP contribution in [0.5, 0.6) is 0 Å². The van der Waals surface area contributed by atoms with E-state index in [0.29, 0.717) is 29.0 Å². The lowest BCUT2D eigenvalue weighted by Crippen LogP contribution is -2.31. The maximum absolute atomic E-state index is 12.1. The molecule has 5 heteroatoms. The van der Waals surface area contributed by atoms with Crippen LogP contribution < -0.4 is 5.32 Å². The summed E-state index contributed by atoms with van der Waals surface area (Å²) >= 11 is 5.99. The number of carbonyl (C=O) groups is 1. The van der Waals surface area contributed by atoms with Crippen molar-refractivity contribution in [1.29, 1.82) is 0 Å². The molecule has 94 valence electrons. The Morgan fingerprint density at radius 1 is 1.53 bits per heavy atom. The Kier molecular flexibility index (Phi) is 4.75. The van der Waals surface area contributed by atoms with Crippen LogP contribution in [0.4, 0.5) is 5.82 Å². The van der Waals surface area contributed by atoms with E-state index in [2.05, 4.69) is 24.1 Å². The predicted octanol–water partition coefficient (Wildman–Crippen LogP) is 2.50. The van der Waals surface area contributed by atoms with Crippen molar-refractivity contribution in [2.75, 3.05) is 26.0 Å². The molecule has 1 N–H and O–H groups in total. The van der Waals surface area contributed by atoms with Gasteiger partial charge in [0.25, 0.3) is 5.91 Å². The number of aromatic nitrogens is 1. The van der Waals surface area contributed by atoms with Gasteiger partial charge in [0.1, 0.15) is 11.5 Å². The minimum atomic E-state index is -0.152. The Bertz CT molecular complexity index is 407. The smallest absolute Gasteiger partial charge is 0.273 e. The lowest BCUT2D eigenvalue weighted by molar-refractivity contribution is 0.0773. The molecular weight excluding hydrogens is 238 g/mol. The molecule has 1 aromatic heterocycles. The zero-order valence-corrected chi connectivity index (χ0v) is 11.4. The summed E-state index contributed by atoms with van der Waals surface area (Å²) in [7, 11) is 3.51. The van der Waals surface area contributed by atoms with Crippen LogP contribution in [0, 0.1) is 5.92 Å². The molecule has 0 radical (unpaired) electrons. The highest BCUT2D eigenvalue weighted by Gasteiger charge is 2.17. The van der Waals surface area contributed by atoms with Crippen LogP contribution in [-0.4, -0.2) is 36.4 Å². The third-order valence-electron chi connectivity index (χ3n) is 2.29. The number of pyridine rings is 1. The standard InChI is InChI=1S/C12H18ClN3O/c1-8(2)7-16(4)12(17)11-9(13)5-6-10(14-3)15-11/h5-6,8H,7H2,1-4H3,(H,14,15). The van der Waals surface area contributed by atoms with E-state index < -0.39 is 0 Å². The van der Waals surface area contributed by atoms with Gasteiger partial charge < -0.3 is 10.2 Å². The molecule has 0 unspecified atom stereocenters. The number of carbonyl (C=O) groups excluding carboxylic acids is 1. The van der Waals surface area contributed by atoms with Gasteiger partial charge in [-0.25, -0.2) is 4.98 Å². The molecule has 4 nitrogen and oxygen atoms in total. The van der Waals surface area contributed by atoms with Crippen molar-refractivity contribution in [1.82, 2.24) is 9.88 Å². The maximum atomic E-state index is 12.1. The Hall–Kier alpha value is -1.29. The number of nitrogens with zero attached hydrogens (tertiary/aromatic N) is 2. The molecule has 0 aliphatic heterocycles. The molecule has 0 spiro atoms. The van der Waals surface area contributed by atoms with E-state index in [1.165, 1.54) is 0 Å². The second kappa shape index (κ2) is 5.87. The largest absolute Gasteiger partial charge is 0.373 e. The second-order valence-corrected chi connectivity index (χ2v) is 4.76. The van der Waals surface area contributed by atoms with Gasteiger partial charge in [0.2, 0.25) is 0 Å². The summed E-state index contributed by atoms with van der Waals surface area (Å²) in [6.45, 7) is 4.80. The van der Waals surface area contributed by atoms with Crippen LogP contribution in [0.15, 0.2) is 12.1 Å². The van der Waals surface area contributed by atoms with E-state index in [9.17, 15) is 4.79 Å². The zero-order chi connectivity index (χ0) is 13.0. The van der Waals surface area contributed by atoms with Crippen molar-refractivity contribution in [3.8, 4) is 0 Å². The molecule has 1 aromatic rings. The predicted molar refractivity (Wildman–Crippen MR) is 70.6 cm³/mol. The molecule has 0 aromatic carbocycles. The normalized spacial score (nSPS) is 10.5.